The first-order valence-electron chi connectivity index (χ1n) is 7.57. The molecule has 2 aromatic carbocycles. The highest BCUT2D eigenvalue weighted by Gasteiger charge is 2.20. The van der Waals surface area contributed by atoms with E-state index in [0.29, 0.717) is 5.25 Å². The summed E-state index contributed by atoms with van der Waals surface area (Å²) < 4.78 is 0. The van der Waals surface area contributed by atoms with Gasteiger partial charge in [-0.2, -0.15) is 0 Å². The first-order valence-corrected chi connectivity index (χ1v) is 8.45. The molecule has 1 nitrogen and oxygen atoms in total. The molecule has 0 saturated carbocycles. The summed E-state index contributed by atoms with van der Waals surface area (Å²) in [6.45, 7) is 8.62. The zero-order chi connectivity index (χ0) is 15.4. The molecule has 0 aromatic heterocycles. The van der Waals surface area contributed by atoms with E-state index in [1.165, 1.54) is 27.1 Å². The molecule has 2 atom stereocenters. The van der Waals surface area contributed by atoms with Crippen LogP contribution in [0.2, 0.25) is 0 Å². The normalized spacial score (nSPS) is 14.0. The van der Waals surface area contributed by atoms with Crippen molar-refractivity contribution < 1.29 is 0 Å². The van der Waals surface area contributed by atoms with Crippen LogP contribution >= 0.6 is 11.8 Å². The summed E-state index contributed by atoms with van der Waals surface area (Å²) in [6.07, 6.45) is 0.983. The van der Waals surface area contributed by atoms with Crippen LogP contribution in [0.25, 0.3) is 0 Å². The Morgan fingerprint density at radius 1 is 1.00 bits per heavy atom. The van der Waals surface area contributed by atoms with Crippen molar-refractivity contribution >= 4 is 11.8 Å². The Bertz CT molecular complexity index is 606. The van der Waals surface area contributed by atoms with Crippen molar-refractivity contribution in [2.24, 2.45) is 5.73 Å². The summed E-state index contributed by atoms with van der Waals surface area (Å²) in [4.78, 5) is 1.33. The molecule has 0 radical (unpaired) electrons. The smallest absolute Gasteiger partial charge is 0.0495 e. The molecule has 0 aliphatic heterocycles. The molecule has 0 bridgehead atoms. The van der Waals surface area contributed by atoms with Crippen LogP contribution in [0.5, 0.6) is 0 Å². The van der Waals surface area contributed by atoms with Gasteiger partial charge in [0.25, 0.3) is 0 Å². The molecular weight excluding hydrogens is 274 g/mol. The lowest BCUT2D eigenvalue weighted by Gasteiger charge is -2.24. The van der Waals surface area contributed by atoms with Gasteiger partial charge in [0, 0.05) is 16.2 Å². The molecule has 2 unspecified atom stereocenters. The van der Waals surface area contributed by atoms with Crippen LogP contribution < -0.4 is 5.73 Å². The average Bonchev–Trinajstić information content (AvgIpc) is 2.45. The molecule has 0 spiro atoms. The van der Waals surface area contributed by atoms with Crippen molar-refractivity contribution in [2.45, 2.75) is 50.3 Å². The van der Waals surface area contributed by atoms with E-state index in [9.17, 15) is 0 Å². The number of benzene rings is 2. The van der Waals surface area contributed by atoms with Crippen molar-refractivity contribution in [3.8, 4) is 0 Å². The molecule has 0 saturated heterocycles. The summed E-state index contributed by atoms with van der Waals surface area (Å²) in [5.74, 6) is 0. The fourth-order valence-electron chi connectivity index (χ4n) is 2.53. The predicted octanol–water partition coefficient (Wildman–Crippen LogP) is 5.18. The van der Waals surface area contributed by atoms with Crippen LogP contribution in [0.3, 0.4) is 0 Å². The zero-order valence-electron chi connectivity index (χ0n) is 13.4. The van der Waals surface area contributed by atoms with Gasteiger partial charge >= 0.3 is 0 Å². The van der Waals surface area contributed by atoms with Gasteiger partial charge in [-0.05, 0) is 44.4 Å². The fourth-order valence-corrected chi connectivity index (χ4v) is 3.85. The summed E-state index contributed by atoms with van der Waals surface area (Å²) in [5.41, 5.74) is 11.7. The number of aryl methyl sites for hydroxylation is 3. The van der Waals surface area contributed by atoms with Crippen LogP contribution in [-0.2, 0) is 0 Å². The van der Waals surface area contributed by atoms with Gasteiger partial charge < -0.3 is 5.73 Å². The standard InChI is InChI=1S/C19H25NS/c1-5-17(20)19(16-8-6-7-13(2)12-16)21-18-10-9-14(3)11-15(18)4/h6-12,17,19H,5,20H2,1-4H3. The number of rotatable bonds is 5. The van der Waals surface area contributed by atoms with Crippen molar-refractivity contribution in [3.63, 3.8) is 0 Å². The second-order valence-corrected chi connectivity index (χ2v) is 6.98. The Hall–Kier alpha value is -1.25. The van der Waals surface area contributed by atoms with Crippen LogP contribution in [0.15, 0.2) is 47.4 Å². The lowest BCUT2D eigenvalue weighted by molar-refractivity contribution is 0.634. The third-order valence-corrected chi connectivity index (χ3v) is 5.40. The molecule has 2 aromatic rings. The molecule has 2 rings (SSSR count). The van der Waals surface area contributed by atoms with E-state index in [0.717, 1.165) is 6.42 Å². The SMILES string of the molecule is CCC(N)C(Sc1ccc(C)cc1C)c1cccc(C)c1. The summed E-state index contributed by atoms with van der Waals surface area (Å²) in [7, 11) is 0. The van der Waals surface area contributed by atoms with Crippen LogP contribution in [0.4, 0.5) is 0 Å². The van der Waals surface area contributed by atoms with Crippen LogP contribution in [0, 0.1) is 20.8 Å². The Morgan fingerprint density at radius 2 is 1.71 bits per heavy atom. The molecule has 0 aliphatic carbocycles. The van der Waals surface area contributed by atoms with E-state index in [2.05, 4.69) is 70.2 Å². The lowest BCUT2D eigenvalue weighted by Crippen LogP contribution is -2.25. The Morgan fingerprint density at radius 3 is 2.33 bits per heavy atom. The van der Waals surface area contributed by atoms with Gasteiger partial charge in [-0.15, -0.1) is 11.8 Å². The predicted molar refractivity (Wildman–Crippen MR) is 94.0 cm³/mol. The van der Waals surface area contributed by atoms with Gasteiger partial charge in [-0.1, -0.05) is 54.4 Å². The van der Waals surface area contributed by atoms with Gasteiger partial charge in [0.15, 0.2) is 0 Å². The van der Waals surface area contributed by atoms with Gasteiger partial charge in [-0.25, -0.2) is 0 Å². The Kier molecular flexibility index (Phi) is 5.49. The molecule has 0 aliphatic rings. The topological polar surface area (TPSA) is 26.0 Å². The van der Waals surface area contributed by atoms with Crippen molar-refractivity contribution in [1.82, 2.24) is 0 Å². The average molecular weight is 299 g/mol. The Labute approximate surface area is 133 Å². The van der Waals surface area contributed by atoms with Crippen molar-refractivity contribution in [3.05, 3.63) is 64.7 Å². The highest BCUT2D eigenvalue weighted by molar-refractivity contribution is 7.99. The third-order valence-electron chi connectivity index (χ3n) is 3.82. The molecule has 2 N–H and O–H groups in total. The van der Waals surface area contributed by atoms with E-state index in [1.807, 2.05) is 11.8 Å². The minimum atomic E-state index is 0.164. The van der Waals surface area contributed by atoms with Crippen molar-refractivity contribution in [2.75, 3.05) is 0 Å². The molecule has 0 heterocycles. The van der Waals surface area contributed by atoms with Crippen LogP contribution in [0.1, 0.15) is 40.8 Å². The third kappa shape index (κ3) is 4.12. The maximum Gasteiger partial charge on any atom is 0.0495 e. The minimum absolute atomic E-state index is 0.164. The van der Waals surface area contributed by atoms with E-state index in [1.54, 1.807) is 0 Å². The van der Waals surface area contributed by atoms with E-state index >= 15 is 0 Å². The molecular formula is C19H25NS. The maximum atomic E-state index is 6.41. The van der Waals surface area contributed by atoms with Gasteiger partial charge in [-0.3, -0.25) is 0 Å². The van der Waals surface area contributed by atoms with Gasteiger partial charge in [0.2, 0.25) is 0 Å². The number of nitrogens with two attached hydrogens (primary N) is 1. The lowest BCUT2D eigenvalue weighted by atomic mass is 10.0. The number of thioether (sulfide) groups is 1. The monoisotopic (exact) mass is 299 g/mol. The first-order chi connectivity index (χ1) is 10.0. The summed E-state index contributed by atoms with van der Waals surface area (Å²) >= 11 is 1.89. The largest absolute Gasteiger partial charge is 0.326 e. The van der Waals surface area contributed by atoms with Gasteiger partial charge in [0.1, 0.15) is 0 Å². The molecule has 2 heteroatoms. The fraction of sp³-hybridized carbons (Fsp3) is 0.368. The van der Waals surface area contributed by atoms with E-state index in [4.69, 9.17) is 5.73 Å². The second kappa shape index (κ2) is 7.15. The molecule has 21 heavy (non-hydrogen) atoms. The number of hydrogen-bond acceptors (Lipinski definition) is 2. The maximum absolute atomic E-state index is 6.41. The van der Waals surface area contributed by atoms with Crippen molar-refractivity contribution in [1.29, 1.82) is 0 Å². The summed E-state index contributed by atoms with van der Waals surface area (Å²) in [6, 6.07) is 15.5. The van der Waals surface area contributed by atoms with E-state index in [-0.39, 0.29) is 6.04 Å². The van der Waals surface area contributed by atoms with E-state index < -0.39 is 0 Å². The van der Waals surface area contributed by atoms with Crippen LogP contribution in [-0.4, -0.2) is 6.04 Å². The molecule has 112 valence electrons. The highest BCUT2D eigenvalue weighted by atomic mass is 32.2. The summed E-state index contributed by atoms with van der Waals surface area (Å²) in [5, 5.41) is 0.302. The molecule has 0 fully saturated rings. The number of hydrogen-bond donors (Lipinski definition) is 1. The zero-order valence-corrected chi connectivity index (χ0v) is 14.2. The first kappa shape index (κ1) is 16.1. The van der Waals surface area contributed by atoms with Gasteiger partial charge in [0.05, 0.1) is 0 Å². The quantitative estimate of drug-likeness (QED) is 0.770. The Balaban J connectivity index is 2.33. The second-order valence-electron chi connectivity index (χ2n) is 5.79. The minimum Gasteiger partial charge on any atom is -0.326 e. The molecule has 0 amide bonds. The highest BCUT2D eigenvalue weighted by Crippen LogP contribution is 2.39.